The molecule has 2 aromatic carbocycles. The maximum Gasteiger partial charge on any atom is 0.270 e. The molecule has 3 aromatic rings. The fourth-order valence-electron chi connectivity index (χ4n) is 2.47. The predicted octanol–water partition coefficient (Wildman–Crippen LogP) is 2.65. The van der Waals surface area contributed by atoms with E-state index in [0.29, 0.717) is 17.3 Å². The van der Waals surface area contributed by atoms with E-state index in [9.17, 15) is 4.79 Å². The molecule has 0 bridgehead atoms. The summed E-state index contributed by atoms with van der Waals surface area (Å²) in [5.74, 6) is 1.39. The van der Waals surface area contributed by atoms with Crippen molar-refractivity contribution in [2.45, 2.75) is 6.10 Å². The van der Waals surface area contributed by atoms with Crippen LogP contribution in [0, 0.1) is 0 Å². The van der Waals surface area contributed by atoms with E-state index in [4.69, 9.17) is 9.47 Å². The van der Waals surface area contributed by atoms with Gasteiger partial charge in [-0.05, 0) is 24.3 Å². The van der Waals surface area contributed by atoms with Crippen LogP contribution in [0.5, 0.6) is 11.5 Å². The summed E-state index contributed by atoms with van der Waals surface area (Å²) in [5.41, 5.74) is 0.921. The maximum absolute atomic E-state index is 12.4. The molecule has 1 atom stereocenters. The second-order valence-electron chi connectivity index (χ2n) is 5.33. The quantitative estimate of drug-likeness (QED) is 0.805. The first-order valence-corrected chi connectivity index (χ1v) is 7.60. The van der Waals surface area contributed by atoms with Crippen LogP contribution in [0.2, 0.25) is 0 Å². The van der Waals surface area contributed by atoms with E-state index in [1.807, 2.05) is 48.5 Å². The van der Waals surface area contributed by atoms with Gasteiger partial charge in [0.15, 0.2) is 17.3 Å². The molecule has 0 spiro atoms. The Labute approximate surface area is 138 Å². The SMILES string of the molecule is O=C(Nc1ccn(-c2ccccc2)n1)C1COc2ccccc2O1. The summed E-state index contributed by atoms with van der Waals surface area (Å²) in [4.78, 5) is 12.4. The van der Waals surface area contributed by atoms with Gasteiger partial charge in [-0.1, -0.05) is 30.3 Å². The molecule has 0 radical (unpaired) electrons. The zero-order valence-corrected chi connectivity index (χ0v) is 12.8. The summed E-state index contributed by atoms with van der Waals surface area (Å²) in [6.45, 7) is 0.169. The van der Waals surface area contributed by atoms with Crippen molar-refractivity contribution in [3.05, 3.63) is 66.9 Å². The number of nitrogens with zero attached hydrogens (tertiary/aromatic N) is 2. The van der Waals surface area contributed by atoms with Crippen LogP contribution >= 0.6 is 0 Å². The Balaban J connectivity index is 1.45. The molecule has 1 aromatic heterocycles. The number of carbonyl (C=O) groups excluding carboxylic acids is 1. The minimum absolute atomic E-state index is 0.169. The summed E-state index contributed by atoms with van der Waals surface area (Å²) in [7, 11) is 0. The molecular weight excluding hydrogens is 306 g/mol. The number of fused-ring (bicyclic) bond motifs is 1. The Kier molecular flexibility index (Phi) is 3.63. The first kappa shape index (κ1) is 14.3. The van der Waals surface area contributed by atoms with E-state index in [0.717, 1.165) is 5.69 Å². The monoisotopic (exact) mass is 321 g/mol. The number of amides is 1. The third-order valence-electron chi connectivity index (χ3n) is 3.66. The van der Waals surface area contributed by atoms with Gasteiger partial charge in [0.1, 0.15) is 6.61 Å². The van der Waals surface area contributed by atoms with Gasteiger partial charge in [-0.25, -0.2) is 4.68 Å². The molecule has 1 aliphatic heterocycles. The number of ether oxygens (including phenoxy) is 2. The van der Waals surface area contributed by atoms with Crippen molar-refractivity contribution in [2.75, 3.05) is 11.9 Å². The number of rotatable bonds is 3. The van der Waals surface area contributed by atoms with E-state index < -0.39 is 6.10 Å². The highest BCUT2D eigenvalue weighted by Crippen LogP contribution is 2.31. The van der Waals surface area contributed by atoms with Gasteiger partial charge in [-0.2, -0.15) is 5.10 Å². The minimum atomic E-state index is -0.707. The van der Waals surface area contributed by atoms with Crippen molar-refractivity contribution in [1.29, 1.82) is 0 Å². The van der Waals surface area contributed by atoms with Gasteiger partial charge in [0.2, 0.25) is 6.10 Å². The number of benzene rings is 2. The topological polar surface area (TPSA) is 65.4 Å². The summed E-state index contributed by atoms with van der Waals surface area (Å²) in [6, 6.07) is 18.7. The number of hydrogen-bond acceptors (Lipinski definition) is 4. The third kappa shape index (κ3) is 2.81. The van der Waals surface area contributed by atoms with Gasteiger partial charge < -0.3 is 14.8 Å². The van der Waals surface area contributed by atoms with E-state index in [2.05, 4.69) is 10.4 Å². The smallest absolute Gasteiger partial charge is 0.270 e. The second-order valence-corrected chi connectivity index (χ2v) is 5.33. The molecule has 0 saturated carbocycles. The average molecular weight is 321 g/mol. The van der Waals surface area contributed by atoms with Crippen LogP contribution in [0.25, 0.3) is 5.69 Å². The van der Waals surface area contributed by atoms with Gasteiger partial charge in [0.05, 0.1) is 5.69 Å². The van der Waals surface area contributed by atoms with Crippen molar-refractivity contribution in [1.82, 2.24) is 9.78 Å². The van der Waals surface area contributed by atoms with Gasteiger partial charge in [0.25, 0.3) is 5.91 Å². The molecule has 24 heavy (non-hydrogen) atoms. The van der Waals surface area contributed by atoms with Gasteiger partial charge >= 0.3 is 0 Å². The molecule has 0 fully saturated rings. The minimum Gasteiger partial charge on any atom is -0.485 e. The fourth-order valence-corrected chi connectivity index (χ4v) is 2.47. The largest absolute Gasteiger partial charge is 0.485 e. The molecule has 6 heteroatoms. The molecule has 1 amide bonds. The van der Waals surface area contributed by atoms with Crippen LogP contribution in [-0.4, -0.2) is 28.4 Å². The number of nitrogens with one attached hydrogen (secondary N) is 1. The number of para-hydroxylation sites is 3. The average Bonchev–Trinajstić information content (AvgIpc) is 3.10. The molecule has 0 aliphatic carbocycles. The number of aromatic nitrogens is 2. The second kappa shape index (κ2) is 6.08. The molecule has 1 aliphatic rings. The van der Waals surface area contributed by atoms with Crippen LogP contribution < -0.4 is 14.8 Å². The molecule has 4 rings (SSSR count). The first-order chi connectivity index (χ1) is 11.8. The molecular formula is C18H15N3O3. The van der Waals surface area contributed by atoms with Crippen LogP contribution in [-0.2, 0) is 4.79 Å². The van der Waals surface area contributed by atoms with Crippen LogP contribution in [0.1, 0.15) is 0 Å². The lowest BCUT2D eigenvalue weighted by Crippen LogP contribution is -2.40. The summed E-state index contributed by atoms with van der Waals surface area (Å²) in [6.07, 6.45) is 1.08. The van der Waals surface area contributed by atoms with E-state index in [-0.39, 0.29) is 12.5 Å². The van der Waals surface area contributed by atoms with Crippen LogP contribution in [0.4, 0.5) is 5.82 Å². The number of anilines is 1. The van der Waals surface area contributed by atoms with Gasteiger partial charge in [0, 0.05) is 12.3 Å². The van der Waals surface area contributed by atoms with Crippen molar-refractivity contribution in [3.63, 3.8) is 0 Å². The molecule has 2 heterocycles. The van der Waals surface area contributed by atoms with E-state index in [1.165, 1.54) is 0 Å². The standard InChI is InChI=1S/C18H15N3O3/c22-18(16-12-23-14-8-4-5-9-15(14)24-16)19-17-10-11-21(20-17)13-6-2-1-3-7-13/h1-11,16H,12H2,(H,19,20,22). The van der Waals surface area contributed by atoms with Crippen molar-refractivity contribution < 1.29 is 14.3 Å². The zero-order chi connectivity index (χ0) is 16.4. The summed E-state index contributed by atoms with van der Waals surface area (Å²) < 4.78 is 12.9. The Morgan fingerprint density at radius 2 is 1.79 bits per heavy atom. The summed E-state index contributed by atoms with van der Waals surface area (Å²) in [5, 5.41) is 7.10. The molecule has 1 N–H and O–H groups in total. The lowest BCUT2D eigenvalue weighted by molar-refractivity contribution is -0.125. The van der Waals surface area contributed by atoms with Gasteiger partial charge in [-0.15, -0.1) is 0 Å². The van der Waals surface area contributed by atoms with Crippen molar-refractivity contribution in [3.8, 4) is 17.2 Å². The summed E-state index contributed by atoms with van der Waals surface area (Å²) >= 11 is 0. The highest BCUT2D eigenvalue weighted by Gasteiger charge is 2.27. The molecule has 6 nitrogen and oxygen atoms in total. The molecule has 1 unspecified atom stereocenters. The van der Waals surface area contributed by atoms with Crippen molar-refractivity contribution in [2.24, 2.45) is 0 Å². The lowest BCUT2D eigenvalue weighted by atomic mass is 10.2. The van der Waals surface area contributed by atoms with E-state index >= 15 is 0 Å². The zero-order valence-electron chi connectivity index (χ0n) is 12.8. The fraction of sp³-hybridized carbons (Fsp3) is 0.111. The molecule has 0 saturated heterocycles. The Bertz CT molecular complexity index is 861. The maximum atomic E-state index is 12.4. The predicted molar refractivity (Wildman–Crippen MR) is 88.5 cm³/mol. The normalized spacial score (nSPS) is 15.8. The molecule has 120 valence electrons. The first-order valence-electron chi connectivity index (χ1n) is 7.60. The number of hydrogen-bond donors (Lipinski definition) is 1. The van der Waals surface area contributed by atoms with Crippen molar-refractivity contribution >= 4 is 11.7 Å². The highest BCUT2D eigenvalue weighted by atomic mass is 16.6. The number of carbonyl (C=O) groups is 1. The van der Waals surface area contributed by atoms with Crippen LogP contribution in [0.3, 0.4) is 0 Å². The Hall–Kier alpha value is -3.28. The Morgan fingerprint density at radius 1 is 1.04 bits per heavy atom. The van der Waals surface area contributed by atoms with Crippen LogP contribution in [0.15, 0.2) is 66.9 Å². The lowest BCUT2D eigenvalue weighted by Gasteiger charge is -2.25. The van der Waals surface area contributed by atoms with Gasteiger partial charge in [-0.3, -0.25) is 4.79 Å². The van der Waals surface area contributed by atoms with E-state index in [1.54, 1.807) is 23.0 Å². The highest BCUT2D eigenvalue weighted by molar-refractivity contribution is 5.93. The Morgan fingerprint density at radius 3 is 2.62 bits per heavy atom. The third-order valence-corrected chi connectivity index (χ3v) is 3.66.